The number of hydrogen-bond donors (Lipinski definition) is 0. The number of aryl methyl sites for hydroxylation is 1. The topological polar surface area (TPSA) is 17.1 Å². The molecular formula is C13H7Br2F3OS. The molecule has 1 nitrogen and oxygen atoms in total. The van der Waals surface area contributed by atoms with Gasteiger partial charge < -0.3 is 0 Å². The van der Waals surface area contributed by atoms with Crippen LogP contribution in [0, 0.1) is 6.92 Å². The highest BCUT2D eigenvalue weighted by Gasteiger charge is 2.31. The number of halogens is 5. The fourth-order valence-electron chi connectivity index (χ4n) is 1.58. The minimum absolute atomic E-state index is 0.00794. The van der Waals surface area contributed by atoms with Crippen molar-refractivity contribution >= 4 is 49.0 Å². The molecule has 0 amide bonds. The van der Waals surface area contributed by atoms with E-state index in [4.69, 9.17) is 0 Å². The molecule has 0 fully saturated rings. The summed E-state index contributed by atoms with van der Waals surface area (Å²) in [5.41, 5.74) is 0.0476. The molecule has 0 atom stereocenters. The van der Waals surface area contributed by atoms with Crippen molar-refractivity contribution in [1.29, 1.82) is 0 Å². The molecule has 1 heterocycles. The Kier molecular flexibility index (Phi) is 4.41. The van der Waals surface area contributed by atoms with Crippen molar-refractivity contribution in [1.82, 2.24) is 0 Å². The Morgan fingerprint density at radius 3 is 2.35 bits per heavy atom. The molecule has 106 valence electrons. The van der Waals surface area contributed by atoms with Crippen LogP contribution in [0.15, 0.2) is 32.5 Å². The maximum atomic E-state index is 12.7. The smallest absolute Gasteiger partial charge is 0.288 e. The molecule has 7 heteroatoms. The molecule has 0 aliphatic rings. The van der Waals surface area contributed by atoms with Gasteiger partial charge in [0.2, 0.25) is 5.78 Å². The number of benzene rings is 1. The SMILES string of the molecule is Cc1cc(C(=O)c2cc(C(F)(F)F)ccc2Br)sc1Br. The van der Waals surface area contributed by atoms with Gasteiger partial charge in [0.15, 0.2) is 0 Å². The van der Waals surface area contributed by atoms with Crippen molar-refractivity contribution in [2.45, 2.75) is 13.1 Å². The monoisotopic (exact) mass is 426 g/mol. The predicted molar refractivity (Wildman–Crippen MR) is 79.3 cm³/mol. The van der Waals surface area contributed by atoms with Crippen LogP contribution in [0.1, 0.15) is 26.4 Å². The van der Waals surface area contributed by atoms with Gasteiger partial charge in [0, 0.05) is 10.0 Å². The molecule has 0 saturated heterocycles. The summed E-state index contributed by atoms with van der Waals surface area (Å²) >= 11 is 7.63. The van der Waals surface area contributed by atoms with E-state index >= 15 is 0 Å². The summed E-state index contributed by atoms with van der Waals surface area (Å²) in [6, 6.07) is 4.71. The fraction of sp³-hybridized carbons (Fsp3) is 0.154. The molecule has 0 radical (unpaired) electrons. The third-order valence-electron chi connectivity index (χ3n) is 2.62. The summed E-state index contributed by atoms with van der Waals surface area (Å²) in [6.45, 7) is 1.82. The molecular weight excluding hydrogens is 421 g/mol. The molecule has 0 aliphatic carbocycles. The second-order valence-electron chi connectivity index (χ2n) is 4.09. The summed E-state index contributed by atoms with van der Waals surface area (Å²) < 4.78 is 39.2. The summed E-state index contributed by atoms with van der Waals surface area (Å²) in [7, 11) is 0. The Bertz CT molecular complexity index is 657. The van der Waals surface area contributed by atoms with Gasteiger partial charge in [-0.3, -0.25) is 4.79 Å². The number of ketones is 1. The van der Waals surface area contributed by atoms with E-state index < -0.39 is 17.5 Å². The number of alkyl halides is 3. The van der Waals surface area contributed by atoms with E-state index in [9.17, 15) is 18.0 Å². The number of hydrogen-bond acceptors (Lipinski definition) is 2. The highest BCUT2D eigenvalue weighted by atomic mass is 79.9. The van der Waals surface area contributed by atoms with Gasteiger partial charge in [-0.1, -0.05) is 15.9 Å². The zero-order chi connectivity index (χ0) is 15.1. The summed E-state index contributed by atoms with van der Waals surface area (Å²) in [4.78, 5) is 12.7. The standard InChI is InChI=1S/C13H7Br2F3OS/c1-6-4-10(20-12(6)15)11(19)8-5-7(13(16,17)18)2-3-9(8)14/h2-5H,1H3. The van der Waals surface area contributed by atoms with Crippen LogP contribution in [0.4, 0.5) is 13.2 Å². The molecule has 0 aliphatic heterocycles. The van der Waals surface area contributed by atoms with Crippen LogP contribution in [0.5, 0.6) is 0 Å². The minimum Gasteiger partial charge on any atom is -0.288 e. The molecule has 2 aromatic rings. The first-order chi connectivity index (χ1) is 9.20. The largest absolute Gasteiger partial charge is 0.416 e. The highest BCUT2D eigenvalue weighted by Crippen LogP contribution is 2.34. The Labute approximate surface area is 134 Å². The number of carbonyl (C=O) groups is 1. The van der Waals surface area contributed by atoms with Gasteiger partial charge in [0.1, 0.15) is 0 Å². The summed E-state index contributed by atoms with van der Waals surface area (Å²) in [6.07, 6.45) is -4.47. The lowest BCUT2D eigenvalue weighted by Gasteiger charge is -2.09. The van der Waals surface area contributed by atoms with Gasteiger partial charge >= 0.3 is 6.18 Å². The molecule has 1 aromatic carbocycles. The van der Waals surface area contributed by atoms with Crippen molar-refractivity contribution in [3.63, 3.8) is 0 Å². The molecule has 0 N–H and O–H groups in total. The van der Waals surface area contributed by atoms with Crippen molar-refractivity contribution < 1.29 is 18.0 Å². The molecule has 1 aromatic heterocycles. The van der Waals surface area contributed by atoms with E-state index in [0.29, 0.717) is 9.35 Å². The van der Waals surface area contributed by atoms with Crippen LogP contribution in [-0.2, 0) is 6.18 Å². The van der Waals surface area contributed by atoms with Gasteiger partial charge in [-0.2, -0.15) is 13.2 Å². The van der Waals surface area contributed by atoms with E-state index in [0.717, 1.165) is 21.5 Å². The van der Waals surface area contributed by atoms with Crippen LogP contribution in [0.25, 0.3) is 0 Å². The Morgan fingerprint density at radius 2 is 1.85 bits per heavy atom. The lowest BCUT2D eigenvalue weighted by atomic mass is 10.1. The maximum absolute atomic E-state index is 12.7. The quantitative estimate of drug-likeness (QED) is 0.551. The zero-order valence-corrected chi connectivity index (χ0v) is 14.0. The van der Waals surface area contributed by atoms with Gasteiger partial charge in [-0.25, -0.2) is 0 Å². The minimum atomic E-state index is -4.47. The van der Waals surface area contributed by atoms with Crippen molar-refractivity contribution in [3.8, 4) is 0 Å². The normalized spacial score (nSPS) is 11.7. The third kappa shape index (κ3) is 3.15. The van der Waals surface area contributed by atoms with Crippen LogP contribution in [-0.4, -0.2) is 5.78 Å². The molecule has 0 unspecified atom stereocenters. The first-order valence-electron chi connectivity index (χ1n) is 5.37. The van der Waals surface area contributed by atoms with Gasteiger partial charge in [-0.05, 0) is 52.7 Å². The molecule has 0 spiro atoms. The Hall–Kier alpha value is -0.660. The van der Waals surface area contributed by atoms with Crippen molar-refractivity contribution in [3.05, 3.63) is 54.1 Å². The average molecular weight is 428 g/mol. The number of rotatable bonds is 2. The second kappa shape index (κ2) is 5.61. The molecule has 0 saturated carbocycles. The Morgan fingerprint density at radius 1 is 1.20 bits per heavy atom. The highest BCUT2D eigenvalue weighted by molar-refractivity contribution is 9.11. The lowest BCUT2D eigenvalue weighted by molar-refractivity contribution is -0.137. The summed E-state index contributed by atoms with van der Waals surface area (Å²) in [5, 5.41) is 0. The molecule has 2 rings (SSSR count). The maximum Gasteiger partial charge on any atom is 0.416 e. The first-order valence-corrected chi connectivity index (χ1v) is 7.78. The average Bonchev–Trinajstić information content (AvgIpc) is 2.68. The number of carbonyl (C=O) groups excluding carboxylic acids is 1. The van der Waals surface area contributed by atoms with E-state index in [1.165, 1.54) is 17.4 Å². The van der Waals surface area contributed by atoms with E-state index in [1.54, 1.807) is 6.07 Å². The molecule has 0 bridgehead atoms. The van der Waals surface area contributed by atoms with Crippen LogP contribution in [0.3, 0.4) is 0 Å². The van der Waals surface area contributed by atoms with Gasteiger partial charge in [-0.15, -0.1) is 11.3 Å². The van der Waals surface area contributed by atoms with Gasteiger partial charge in [0.05, 0.1) is 14.2 Å². The van der Waals surface area contributed by atoms with Crippen molar-refractivity contribution in [2.75, 3.05) is 0 Å². The summed E-state index contributed by atoms with van der Waals surface area (Å²) in [5.74, 6) is -0.429. The number of thiophene rings is 1. The van der Waals surface area contributed by atoms with E-state index in [-0.39, 0.29) is 5.56 Å². The van der Waals surface area contributed by atoms with E-state index in [2.05, 4.69) is 31.9 Å². The zero-order valence-electron chi connectivity index (χ0n) is 10.0. The third-order valence-corrected chi connectivity index (χ3v) is 5.45. The van der Waals surface area contributed by atoms with E-state index in [1.807, 2.05) is 6.92 Å². The van der Waals surface area contributed by atoms with Crippen molar-refractivity contribution in [2.24, 2.45) is 0 Å². The predicted octanol–water partition coefficient (Wildman–Crippen LogP) is 5.83. The van der Waals surface area contributed by atoms with Gasteiger partial charge in [0.25, 0.3) is 0 Å². The first kappa shape index (κ1) is 15.7. The fourth-order valence-corrected chi connectivity index (χ4v) is 3.50. The van der Waals surface area contributed by atoms with Crippen LogP contribution in [0.2, 0.25) is 0 Å². The lowest BCUT2D eigenvalue weighted by Crippen LogP contribution is -2.08. The Balaban J connectivity index is 2.49. The second-order valence-corrected chi connectivity index (χ2v) is 7.31. The van der Waals surface area contributed by atoms with Crippen LogP contribution >= 0.6 is 43.2 Å². The van der Waals surface area contributed by atoms with Crippen LogP contribution < -0.4 is 0 Å². The molecule has 20 heavy (non-hydrogen) atoms.